The summed E-state index contributed by atoms with van der Waals surface area (Å²) in [5, 5.41) is 16.8. The molecule has 0 aromatic carbocycles. The van der Waals surface area contributed by atoms with Gasteiger partial charge in [-0.3, -0.25) is 9.59 Å². The van der Waals surface area contributed by atoms with Crippen LogP contribution in [0.25, 0.3) is 0 Å². The lowest BCUT2D eigenvalue weighted by molar-refractivity contribution is -0.269. The first-order valence-electron chi connectivity index (χ1n) is 9.89. The molecule has 0 aromatic heterocycles. The van der Waals surface area contributed by atoms with Crippen molar-refractivity contribution in [2.45, 2.75) is 75.8 Å². The third-order valence-electron chi connectivity index (χ3n) is 5.08. The Hall–Kier alpha value is -1.57. The zero-order chi connectivity index (χ0) is 20.6. The molecule has 7 heteroatoms. The van der Waals surface area contributed by atoms with Gasteiger partial charge in [0, 0.05) is 24.3 Å². The number of allylic oxidation sites excluding steroid dienone is 3. The summed E-state index contributed by atoms with van der Waals surface area (Å²) in [7, 11) is 0. The Morgan fingerprint density at radius 1 is 1.43 bits per heavy atom. The van der Waals surface area contributed by atoms with Crippen molar-refractivity contribution < 1.29 is 19.4 Å². The number of nitrogens with one attached hydrogen (secondary N) is 2. The average molecular weight is 409 g/mol. The molecule has 2 aliphatic heterocycles. The van der Waals surface area contributed by atoms with Crippen LogP contribution in [0.4, 0.5) is 4.79 Å². The first-order chi connectivity index (χ1) is 13.4. The van der Waals surface area contributed by atoms with Gasteiger partial charge in [0.05, 0.1) is 12.1 Å². The number of thioether (sulfide) groups is 1. The van der Waals surface area contributed by atoms with Gasteiger partial charge >= 0.3 is 0 Å². The van der Waals surface area contributed by atoms with Crippen molar-refractivity contribution >= 4 is 22.9 Å². The first kappa shape index (κ1) is 22.7. The van der Waals surface area contributed by atoms with Crippen LogP contribution >= 0.6 is 11.8 Å². The molecular formula is C21H32N2O4S. The predicted molar refractivity (Wildman–Crippen MR) is 113 cm³/mol. The highest BCUT2D eigenvalue weighted by Crippen LogP contribution is 2.35. The number of amides is 2. The van der Waals surface area contributed by atoms with Crippen LogP contribution in [0.15, 0.2) is 37.0 Å². The van der Waals surface area contributed by atoms with Gasteiger partial charge in [-0.1, -0.05) is 29.5 Å². The molecule has 6 nitrogen and oxygen atoms in total. The van der Waals surface area contributed by atoms with E-state index >= 15 is 0 Å². The fraction of sp³-hybridized carbons (Fsp3) is 0.619. The summed E-state index contributed by atoms with van der Waals surface area (Å²) in [6.45, 7) is 9.36. The van der Waals surface area contributed by atoms with Crippen molar-refractivity contribution in [3.8, 4) is 0 Å². The normalized spacial score (nSPS) is 30.6. The highest BCUT2D eigenvalue weighted by Gasteiger charge is 2.48. The topological polar surface area (TPSA) is 87.7 Å². The number of aliphatic hydroxyl groups is 1. The molecule has 0 bridgehead atoms. The second-order valence-corrected chi connectivity index (χ2v) is 8.56. The minimum Gasteiger partial charge on any atom is -0.364 e. The first-order valence-corrected chi connectivity index (χ1v) is 10.9. The van der Waals surface area contributed by atoms with Crippen LogP contribution in [0.5, 0.6) is 0 Å². The van der Waals surface area contributed by atoms with Gasteiger partial charge in [-0.05, 0) is 45.4 Å². The lowest BCUT2D eigenvalue weighted by Gasteiger charge is -2.44. The Labute approximate surface area is 171 Å². The van der Waals surface area contributed by atoms with E-state index < -0.39 is 11.8 Å². The van der Waals surface area contributed by atoms with Gasteiger partial charge in [0.2, 0.25) is 5.91 Å². The number of ether oxygens (including phenoxy) is 1. The Morgan fingerprint density at radius 2 is 2.18 bits per heavy atom. The summed E-state index contributed by atoms with van der Waals surface area (Å²) in [5.74, 6) is -1.18. The zero-order valence-corrected chi connectivity index (χ0v) is 17.4. The molecule has 0 aromatic rings. The zero-order valence-electron chi connectivity index (χ0n) is 16.6. The smallest absolute Gasteiger partial charge is 0.279 e. The number of unbranched alkanes of at least 4 members (excludes halogenated alkanes) is 1. The van der Waals surface area contributed by atoms with Gasteiger partial charge in [0.1, 0.15) is 0 Å². The maximum Gasteiger partial charge on any atom is 0.279 e. The average Bonchev–Trinajstić information content (AvgIpc) is 3.07. The van der Waals surface area contributed by atoms with Crippen molar-refractivity contribution in [1.82, 2.24) is 10.6 Å². The Balaban J connectivity index is 2.04. The van der Waals surface area contributed by atoms with Crippen molar-refractivity contribution in [3.05, 3.63) is 37.0 Å². The Bertz CT molecular complexity index is 622. The van der Waals surface area contributed by atoms with Crippen LogP contribution in [0, 0.1) is 0 Å². The van der Waals surface area contributed by atoms with Gasteiger partial charge in [0.25, 0.3) is 5.24 Å². The molecule has 3 N–H and O–H groups in total. The summed E-state index contributed by atoms with van der Waals surface area (Å²) < 4.78 is 6.01. The summed E-state index contributed by atoms with van der Waals surface area (Å²) in [6, 6.07) is -0.692. The van der Waals surface area contributed by atoms with E-state index in [9.17, 15) is 14.7 Å². The van der Waals surface area contributed by atoms with Crippen molar-refractivity contribution in [1.29, 1.82) is 0 Å². The van der Waals surface area contributed by atoms with Gasteiger partial charge in [-0.2, -0.15) is 0 Å². The van der Waals surface area contributed by atoms with Crippen LogP contribution in [-0.4, -0.2) is 46.0 Å². The summed E-state index contributed by atoms with van der Waals surface area (Å²) in [4.78, 5) is 24.0. The van der Waals surface area contributed by atoms with E-state index in [1.807, 2.05) is 19.1 Å². The Kier molecular flexibility index (Phi) is 8.79. The fourth-order valence-corrected chi connectivity index (χ4v) is 4.52. The monoisotopic (exact) mass is 408 g/mol. The SMILES string of the molecule is C=CCCC[C@@H]1CC(NC(=O)/C=C(/C)CCC=C)CC(O)(C2CSC(=O)N2)O1. The van der Waals surface area contributed by atoms with Gasteiger partial charge < -0.3 is 20.5 Å². The van der Waals surface area contributed by atoms with Gasteiger partial charge in [-0.15, -0.1) is 13.2 Å². The molecule has 0 aliphatic carbocycles. The largest absolute Gasteiger partial charge is 0.364 e. The molecule has 2 aliphatic rings. The maximum atomic E-state index is 12.4. The molecule has 2 fully saturated rings. The predicted octanol–water partition coefficient (Wildman–Crippen LogP) is 3.43. The van der Waals surface area contributed by atoms with Gasteiger partial charge in [0.15, 0.2) is 5.79 Å². The standard InChI is InChI=1S/C21H32N2O4S/c1-4-6-8-10-17-12-16(22-19(24)11-15(3)9-7-5-2)13-21(26,27-17)18-14-28-20(25)23-18/h4-5,11,16-18,26H,1-2,6-10,12-14H2,3H3,(H,22,24)(H,23,25)/b15-11-/t16?,17-,18?,21?/m1/s1. The van der Waals surface area contributed by atoms with Crippen molar-refractivity contribution in [2.24, 2.45) is 0 Å². The van der Waals surface area contributed by atoms with Crippen LogP contribution in [0.2, 0.25) is 0 Å². The van der Waals surface area contributed by atoms with Crippen LogP contribution in [-0.2, 0) is 9.53 Å². The van der Waals surface area contributed by atoms with E-state index in [2.05, 4.69) is 23.8 Å². The van der Waals surface area contributed by atoms with Crippen LogP contribution < -0.4 is 10.6 Å². The number of rotatable bonds is 10. The number of carbonyl (C=O) groups excluding carboxylic acids is 2. The van der Waals surface area contributed by atoms with E-state index in [0.29, 0.717) is 12.2 Å². The van der Waals surface area contributed by atoms with E-state index in [4.69, 9.17) is 4.74 Å². The molecule has 0 spiro atoms. The molecule has 4 atom stereocenters. The van der Waals surface area contributed by atoms with E-state index in [0.717, 1.165) is 49.4 Å². The van der Waals surface area contributed by atoms with Crippen molar-refractivity contribution in [3.63, 3.8) is 0 Å². The molecule has 0 radical (unpaired) electrons. The summed E-state index contributed by atoms with van der Waals surface area (Å²) in [6.07, 6.45) is 10.2. The summed E-state index contributed by atoms with van der Waals surface area (Å²) in [5.41, 5.74) is 0.988. The third-order valence-corrected chi connectivity index (χ3v) is 5.96. The van der Waals surface area contributed by atoms with Crippen LogP contribution in [0.3, 0.4) is 0 Å². The minimum atomic E-state index is -1.48. The molecule has 2 rings (SSSR count). The lowest BCUT2D eigenvalue weighted by Crippen LogP contribution is -2.60. The molecule has 28 heavy (non-hydrogen) atoms. The highest BCUT2D eigenvalue weighted by molar-refractivity contribution is 8.14. The van der Waals surface area contributed by atoms with E-state index in [-0.39, 0.29) is 29.7 Å². The number of hydrogen-bond acceptors (Lipinski definition) is 5. The molecular weight excluding hydrogens is 376 g/mol. The molecule has 2 saturated heterocycles. The van der Waals surface area contributed by atoms with Gasteiger partial charge in [-0.25, -0.2) is 0 Å². The second-order valence-electron chi connectivity index (χ2n) is 7.56. The maximum absolute atomic E-state index is 12.4. The molecule has 2 heterocycles. The molecule has 2 amide bonds. The fourth-order valence-electron chi connectivity index (χ4n) is 3.64. The molecule has 0 saturated carbocycles. The summed E-state index contributed by atoms with van der Waals surface area (Å²) >= 11 is 1.14. The Morgan fingerprint density at radius 3 is 2.82 bits per heavy atom. The number of hydrogen-bond donors (Lipinski definition) is 3. The quantitative estimate of drug-likeness (QED) is 0.293. The van der Waals surface area contributed by atoms with E-state index in [1.54, 1.807) is 6.08 Å². The lowest BCUT2D eigenvalue weighted by atomic mass is 9.90. The highest BCUT2D eigenvalue weighted by atomic mass is 32.2. The minimum absolute atomic E-state index is 0.155. The van der Waals surface area contributed by atoms with Crippen LogP contribution in [0.1, 0.15) is 51.9 Å². The molecule has 156 valence electrons. The third kappa shape index (κ3) is 6.79. The molecule has 3 unspecified atom stereocenters. The van der Waals surface area contributed by atoms with E-state index in [1.165, 1.54) is 0 Å². The number of carbonyl (C=O) groups is 2. The second kappa shape index (κ2) is 10.8. The van der Waals surface area contributed by atoms with Crippen molar-refractivity contribution in [2.75, 3.05) is 5.75 Å².